The number of carbonyl (C=O) groups excluding carboxylic acids is 1. The highest BCUT2D eigenvalue weighted by molar-refractivity contribution is 5.97. The lowest BCUT2D eigenvalue weighted by Crippen LogP contribution is -2.42. The highest BCUT2D eigenvalue weighted by atomic mass is 16.5. The van der Waals surface area contributed by atoms with Crippen molar-refractivity contribution in [2.75, 3.05) is 20.2 Å². The summed E-state index contributed by atoms with van der Waals surface area (Å²) in [6.07, 6.45) is 1.16. The second-order valence-corrected chi connectivity index (χ2v) is 4.64. The number of likely N-dealkylation sites (tertiary alicyclic amines) is 1. The third kappa shape index (κ3) is 2.20. The van der Waals surface area contributed by atoms with Crippen LogP contribution in [0.4, 0.5) is 0 Å². The van der Waals surface area contributed by atoms with E-state index in [0.29, 0.717) is 30.2 Å². The molecular formula is C12H19N3O3. The van der Waals surface area contributed by atoms with Crippen molar-refractivity contribution in [3.05, 3.63) is 11.3 Å². The van der Waals surface area contributed by atoms with E-state index in [-0.39, 0.29) is 5.91 Å². The molecule has 0 radical (unpaired) electrons. The fourth-order valence-corrected chi connectivity index (χ4v) is 2.41. The monoisotopic (exact) mass is 253 g/mol. The van der Waals surface area contributed by atoms with Crippen LogP contribution in [0.5, 0.6) is 5.88 Å². The van der Waals surface area contributed by atoms with E-state index in [9.17, 15) is 9.90 Å². The number of amides is 1. The molecule has 6 heteroatoms. The van der Waals surface area contributed by atoms with Crippen molar-refractivity contribution < 1.29 is 14.6 Å². The first-order chi connectivity index (χ1) is 8.54. The summed E-state index contributed by atoms with van der Waals surface area (Å²) in [4.78, 5) is 14.1. The van der Waals surface area contributed by atoms with Gasteiger partial charge in [0.25, 0.3) is 5.91 Å². The minimum atomic E-state index is -0.425. The summed E-state index contributed by atoms with van der Waals surface area (Å²) < 4.78 is 6.78. The van der Waals surface area contributed by atoms with E-state index in [1.165, 1.54) is 7.11 Å². The molecule has 1 aromatic rings. The van der Waals surface area contributed by atoms with Crippen molar-refractivity contribution >= 4 is 5.91 Å². The van der Waals surface area contributed by atoms with E-state index in [2.05, 4.69) is 5.10 Å². The first kappa shape index (κ1) is 12.9. The molecule has 1 unspecified atom stereocenters. The van der Waals surface area contributed by atoms with Crippen molar-refractivity contribution in [2.45, 2.75) is 25.9 Å². The van der Waals surface area contributed by atoms with Crippen molar-refractivity contribution in [3.63, 3.8) is 0 Å². The fourth-order valence-electron chi connectivity index (χ4n) is 2.41. The molecule has 0 spiro atoms. The Morgan fingerprint density at radius 3 is 2.89 bits per heavy atom. The van der Waals surface area contributed by atoms with Crippen molar-refractivity contribution in [3.8, 4) is 5.88 Å². The van der Waals surface area contributed by atoms with E-state index in [1.54, 1.807) is 23.6 Å². The number of aryl methyl sites for hydroxylation is 2. The van der Waals surface area contributed by atoms with Crippen molar-refractivity contribution in [1.82, 2.24) is 14.7 Å². The number of piperidine rings is 1. The normalized spacial score (nSPS) is 20.0. The van der Waals surface area contributed by atoms with Gasteiger partial charge in [-0.15, -0.1) is 0 Å². The van der Waals surface area contributed by atoms with Gasteiger partial charge in [0, 0.05) is 20.1 Å². The van der Waals surface area contributed by atoms with E-state index in [0.717, 1.165) is 12.8 Å². The Morgan fingerprint density at radius 1 is 1.56 bits per heavy atom. The molecule has 2 heterocycles. The molecule has 1 aliphatic heterocycles. The Hall–Kier alpha value is -1.56. The van der Waals surface area contributed by atoms with Gasteiger partial charge in [-0.2, -0.15) is 5.10 Å². The number of hydrogen-bond acceptors (Lipinski definition) is 4. The third-order valence-corrected chi connectivity index (χ3v) is 3.26. The zero-order chi connectivity index (χ0) is 13.3. The lowest BCUT2D eigenvalue weighted by atomic mass is 10.1. The molecule has 100 valence electrons. The van der Waals surface area contributed by atoms with Gasteiger partial charge in [0.15, 0.2) is 0 Å². The molecule has 0 aromatic carbocycles. The summed E-state index contributed by atoms with van der Waals surface area (Å²) >= 11 is 0. The first-order valence-electron chi connectivity index (χ1n) is 6.09. The van der Waals surface area contributed by atoms with Crippen LogP contribution < -0.4 is 4.74 Å². The number of methoxy groups -OCH3 is 1. The molecule has 1 saturated heterocycles. The molecular weight excluding hydrogens is 234 g/mol. The van der Waals surface area contributed by atoms with Crippen LogP contribution in [-0.4, -0.2) is 52.0 Å². The topological polar surface area (TPSA) is 67.6 Å². The van der Waals surface area contributed by atoms with Crippen LogP contribution in [-0.2, 0) is 7.05 Å². The van der Waals surface area contributed by atoms with Gasteiger partial charge in [0.05, 0.1) is 18.9 Å². The van der Waals surface area contributed by atoms with Gasteiger partial charge in [-0.05, 0) is 19.8 Å². The maximum absolute atomic E-state index is 12.4. The number of aromatic nitrogens is 2. The van der Waals surface area contributed by atoms with Gasteiger partial charge in [0.1, 0.15) is 5.56 Å². The number of β-amino-alcohol motifs (C(OH)–C–C–N with tert-alkyl or cyclic N) is 1. The minimum Gasteiger partial charge on any atom is -0.481 e. The van der Waals surface area contributed by atoms with Gasteiger partial charge in [0.2, 0.25) is 5.88 Å². The predicted molar refractivity (Wildman–Crippen MR) is 65.6 cm³/mol. The Morgan fingerprint density at radius 2 is 2.28 bits per heavy atom. The minimum absolute atomic E-state index is 0.115. The quantitative estimate of drug-likeness (QED) is 0.825. The number of aliphatic hydroxyl groups is 1. The molecule has 1 fully saturated rings. The SMILES string of the molecule is COc1c(C(=O)N2CCCC(O)C2)c(C)nn1C. The summed E-state index contributed by atoms with van der Waals surface area (Å²) in [7, 11) is 3.27. The Balaban J connectivity index is 2.28. The first-order valence-corrected chi connectivity index (χ1v) is 6.09. The van der Waals surface area contributed by atoms with E-state index in [4.69, 9.17) is 4.74 Å². The number of carbonyl (C=O) groups is 1. The molecule has 1 amide bonds. The second kappa shape index (κ2) is 4.97. The lowest BCUT2D eigenvalue weighted by molar-refractivity contribution is 0.0470. The summed E-state index contributed by atoms with van der Waals surface area (Å²) in [6, 6.07) is 0. The van der Waals surface area contributed by atoms with E-state index < -0.39 is 6.10 Å². The number of nitrogens with zero attached hydrogens (tertiary/aromatic N) is 3. The molecule has 6 nitrogen and oxygen atoms in total. The molecule has 1 aliphatic rings. The number of ether oxygens (including phenoxy) is 1. The van der Waals surface area contributed by atoms with Crippen LogP contribution in [0.3, 0.4) is 0 Å². The maximum Gasteiger partial charge on any atom is 0.261 e. The molecule has 1 atom stereocenters. The number of rotatable bonds is 2. The molecule has 0 saturated carbocycles. The summed E-state index contributed by atoms with van der Waals surface area (Å²) in [5, 5.41) is 13.8. The zero-order valence-electron chi connectivity index (χ0n) is 11.0. The molecule has 18 heavy (non-hydrogen) atoms. The van der Waals surface area contributed by atoms with Crippen molar-refractivity contribution in [2.24, 2.45) is 7.05 Å². The molecule has 2 rings (SSSR count). The van der Waals surface area contributed by atoms with Gasteiger partial charge in [-0.1, -0.05) is 0 Å². The number of hydrogen-bond donors (Lipinski definition) is 1. The molecule has 0 bridgehead atoms. The van der Waals surface area contributed by atoms with Gasteiger partial charge in [-0.3, -0.25) is 4.79 Å². The van der Waals surface area contributed by atoms with Crippen LogP contribution >= 0.6 is 0 Å². The Labute approximate surface area is 106 Å². The Kier molecular flexibility index (Phi) is 3.56. The predicted octanol–water partition coefficient (Wildman–Crippen LogP) is 0.334. The summed E-state index contributed by atoms with van der Waals surface area (Å²) in [6.45, 7) is 2.85. The van der Waals surface area contributed by atoms with Crippen LogP contribution in [0, 0.1) is 6.92 Å². The van der Waals surface area contributed by atoms with Crippen LogP contribution in [0.15, 0.2) is 0 Å². The average molecular weight is 253 g/mol. The van der Waals surface area contributed by atoms with E-state index >= 15 is 0 Å². The third-order valence-electron chi connectivity index (χ3n) is 3.26. The van der Waals surface area contributed by atoms with Crippen LogP contribution in [0.2, 0.25) is 0 Å². The molecule has 1 N–H and O–H groups in total. The zero-order valence-corrected chi connectivity index (χ0v) is 11.0. The van der Waals surface area contributed by atoms with Crippen LogP contribution in [0.25, 0.3) is 0 Å². The Bertz CT molecular complexity index is 456. The van der Waals surface area contributed by atoms with Gasteiger partial charge < -0.3 is 14.7 Å². The van der Waals surface area contributed by atoms with Crippen LogP contribution in [0.1, 0.15) is 28.9 Å². The van der Waals surface area contributed by atoms with Gasteiger partial charge in [-0.25, -0.2) is 4.68 Å². The lowest BCUT2D eigenvalue weighted by Gasteiger charge is -2.30. The highest BCUT2D eigenvalue weighted by Gasteiger charge is 2.28. The number of aliphatic hydroxyl groups excluding tert-OH is 1. The van der Waals surface area contributed by atoms with Gasteiger partial charge >= 0.3 is 0 Å². The smallest absolute Gasteiger partial charge is 0.261 e. The highest BCUT2D eigenvalue weighted by Crippen LogP contribution is 2.24. The second-order valence-electron chi connectivity index (χ2n) is 4.64. The maximum atomic E-state index is 12.4. The van der Waals surface area contributed by atoms with Crippen molar-refractivity contribution in [1.29, 1.82) is 0 Å². The largest absolute Gasteiger partial charge is 0.481 e. The summed E-state index contributed by atoms with van der Waals surface area (Å²) in [5.74, 6) is 0.355. The summed E-state index contributed by atoms with van der Waals surface area (Å²) in [5.41, 5.74) is 1.15. The average Bonchev–Trinajstić information content (AvgIpc) is 2.62. The fraction of sp³-hybridized carbons (Fsp3) is 0.667. The van der Waals surface area contributed by atoms with E-state index in [1.807, 2.05) is 0 Å². The molecule has 0 aliphatic carbocycles. The standard InChI is InChI=1S/C12H19N3O3/c1-8-10(12(18-3)14(2)13-8)11(17)15-6-4-5-9(16)7-15/h9,16H,4-7H2,1-3H3. The molecule has 1 aromatic heterocycles.